The van der Waals surface area contributed by atoms with Crippen molar-refractivity contribution in [3.05, 3.63) is 36.0 Å². The summed E-state index contributed by atoms with van der Waals surface area (Å²) in [4.78, 5) is 2.26. The molecule has 0 saturated heterocycles. The first-order valence-corrected chi connectivity index (χ1v) is 25.5. The summed E-state index contributed by atoms with van der Waals surface area (Å²) >= 11 is 0. The molecule has 4 rings (SSSR count). The van der Waals surface area contributed by atoms with Gasteiger partial charge in [-0.15, -0.1) is 0 Å². The van der Waals surface area contributed by atoms with E-state index in [0.717, 1.165) is 87.8 Å². The molecular formula is C54H97NO3. The highest BCUT2D eigenvalue weighted by Crippen LogP contribution is 2.67. The Morgan fingerprint density at radius 2 is 1.36 bits per heavy atom. The molecule has 0 aliphatic heterocycles. The first-order chi connectivity index (χ1) is 28.1. The van der Waals surface area contributed by atoms with Crippen molar-refractivity contribution in [1.29, 1.82) is 0 Å². The average molecular weight is 808 g/mol. The van der Waals surface area contributed by atoms with Crippen molar-refractivity contribution in [2.45, 2.75) is 214 Å². The summed E-state index contributed by atoms with van der Waals surface area (Å²) in [5.41, 5.74) is 2.75. The molecule has 3 fully saturated rings. The van der Waals surface area contributed by atoms with E-state index in [-0.39, 0.29) is 0 Å². The summed E-state index contributed by atoms with van der Waals surface area (Å²) in [6.07, 6.45) is 45.3. The van der Waals surface area contributed by atoms with Crippen LogP contribution in [0.5, 0.6) is 0 Å². The summed E-state index contributed by atoms with van der Waals surface area (Å²) in [6, 6.07) is 0.317. The van der Waals surface area contributed by atoms with E-state index in [0.29, 0.717) is 23.0 Å². The third-order valence-electron chi connectivity index (χ3n) is 16.1. The van der Waals surface area contributed by atoms with Gasteiger partial charge in [-0.25, -0.2) is 0 Å². The van der Waals surface area contributed by atoms with E-state index in [1.54, 1.807) is 5.57 Å². The van der Waals surface area contributed by atoms with Crippen molar-refractivity contribution < 1.29 is 14.2 Å². The molecule has 1 unspecified atom stereocenters. The normalized spacial score (nSPS) is 29.6. The van der Waals surface area contributed by atoms with E-state index in [9.17, 15) is 0 Å². The molecule has 58 heavy (non-hydrogen) atoms. The Labute approximate surface area is 361 Å². The van der Waals surface area contributed by atoms with Crippen molar-refractivity contribution >= 4 is 0 Å². The fraction of sp³-hybridized carbons (Fsp3) is 0.889. The maximum absolute atomic E-state index is 6.57. The molecule has 4 aliphatic carbocycles. The Morgan fingerprint density at radius 1 is 0.707 bits per heavy atom. The van der Waals surface area contributed by atoms with Crippen molar-refractivity contribution in [3.63, 3.8) is 0 Å². The number of allylic oxidation sites excluding steroid dienone is 5. The van der Waals surface area contributed by atoms with Crippen LogP contribution >= 0.6 is 0 Å². The molecule has 0 N–H and O–H groups in total. The van der Waals surface area contributed by atoms with Gasteiger partial charge in [-0.3, -0.25) is 0 Å². The molecule has 9 atom stereocenters. The lowest BCUT2D eigenvalue weighted by atomic mass is 9.47. The summed E-state index contributed by atoms with van der Waals surface area (Å²) in [5, 5.41) is 0. The molecule has 4 heteroatoms. The number of fused-ring (bicyclic) bond motifs is 5. The van der Waals surface area contributed by atoms with E-state index in [1.165, 1.54) is 141 Å². The molecule has 336 valence electrons. The summed E-state index contributed by atoms with van der Waals surface area (Å²) in [7, 11) is 4.30. The standard InChI is InChI=1S/C54H97NO3/c1-9-10-11-12-13-14-15-16-17-18-19-20-21-22-23-24-38-56-42-47(55(7)8)43-57-39-25-26-40-58-48-34-36-53(5)46(41-48)30-31-49-51-33-32-50(45(4)29-27-28-44(2)3)54(51,6)37-35-52(49)53/h13-14,16-17,30,44-45,47-52H,9-12,15,18-29,31-43H2,1-8H3/b14-13-,17-16-/t45-,47-,48+,49+,50?,51+,52+,53+,54-/m1/s1. The molecule has 0 radical (unpaired) electrons. The van der Waals surface area contributed by atoms with Crippen LogP contribution in [-0.4, -0.2) is 64.2 Å². The molecule has 0 aromatic carbocycles. The Balaban J connectivity index is 1.01. The van der Waals surface area contributed by atoms with Crippen LogP contribution in [0.25, 0.3) is 0 Å². The minimum absolute atomic E-state index is 0.317. The number of nitrogens with zero attached hydrogens (tertiary/aromatic N) is 1. The molecule has 4 aliphatic rings. The molecule has 0 heterocycles. The second-order valence-electron chi connectivity index (χ2n) is 21.1. The topological polar surface area (TPSA) is 30.9 Å². The molecule has 4 nitrogen and oxygen atoms in total. The van der Waals surface area contributed by atoms with Gasteiger partial charge in [-0.2, -0.15) is 0 Å². The Bertz CT molecular complexity index is 1170. The zero-order valence-corrected chi connectivity index (χ0v) is 39.9. The van der Waals surface area contributed by atoms with E-state index in [4.69, 9.17) is 14.2 Å². The average Bonchev–Trinajstić information content (AvgIpc) is 3.56. The van der Waals surface area contributed by atoms with Crippen LogP contribution in [0.2, 0.25) is 0 Å². The van der Waals surface area contributed by atoms with Crippen LogP contribution in [0.3, 0.4) is 0 Å². The van der Waals surface area contributed by atoms with Gasteiger partial charge in [0.1, 0.15) is 0 Å². The predicted molar refractivity (Wildman–Crippen MR) is 250 cm³/mol. The van der Waals surface area contributed by atoms with Gasteiger partial charge in [-0.05, 0) is 163 Å². The van der Waals surface area contributed by atoms with Crippen LogP contribution < -0.4 is 0 Å². The second-order valence-corrected chi connectivity index (χ2v) is 21.1. The van der Waals surface area contributed by atoms with Gasteiger partial charge in [0, 0.05) is 19.8 Å². The third kappa shape index (κ3) is 15.8. The maximum atomic E-state index is 6.57. The smallest absolute Gasteiger partial charge is 0.0644 e. The van der Waals surface area contributed by atoms with E-state index in [1.807, 2.05) is 0 Å². The fourth-order valence-corrected chi connectivity index (χ4v) is 12.3. The SMILES string of the molecule is CCCCC/C=C\C/C=C\CCCCCCCCOC[C@H](COCCCCO[C@H]1CC[C@@]2(C)C(=CC[C@@H]3[C@@H]2CC[C@]2(C)C([C@H](C)CCCC(C)C)CC[C@@H]32)C1)N(C)C. The van der Waals surface area contributed by atoms with Crippen molar-refractivity contribution in [2.24, 2.45) is 46.3 Å². The van der Waals surface area contributed by atoms with E-state index in [2.05, 4.69) is 90.9 Å². The third-order valence-corrected chi connectivity index (χ3v) is 16.1. The first-order valence-electron chi connectivity index (χ1n) is 25.5. The van der Waals surface area contributed by atoms with Gasteiger partial charge in [0.2, 0.25) is 0 Å². The van der Waals surface area contributed by atoms with Crippen molar-refractivity contribution in [3.8, 4) is 0 Å². The molecule has 0 aromatic rings. The van der Waals surface area contributed by atoms with Gasteiger partial charge in [0.15, 0.2) is 0 Å². The lowest BCUT2D eigenvalue weighted by Crippen LogP contribution is -2.51. The number of ether oxygens (including phenoxy) is 3. The summed E-state index contributed by atoms with van der Waals surface area (Å²) < 4.78 is 18.8. The van der Waals surface area contributed by atoms with E-state index < -0.39 is 0 Å². The Hall–Kier alpha value is -0.940. The van der Waals surface area contributed by atoms with Crippen LogP contribution in [0.4, 0.5) is 0 Å². The van der Waals surface area contributed by atoms with Gasteiger partial charge in [-0.1, -0.05) is 135 Å². The summed E-state index contributed by atoms with van der Waals surface area (Å²) in [5.74, 6) is 5.44. The highest BCUT2D eigenvalue weighted by molar-refractivity contribution is 5.25. The zero-order valence-electron chi connectivity index (χ0n) is 39.9. The van der Waals surface area contributed by atoms with Crippen LogP contribution in [0.15, 0.2) is 36.0 Å². The van der Waals surface area contributed by atoms with Crippen LogP contribution in [-0.2, 0) is 14.2 Å². The number of likely N-dealkylation sites (N-methyl/N-ethyl adjacent to an activating group) is 1. The highest BCUT2D eigenvalue weighted by atomic mass is 16.5. The number of hydrogen-bond acceptors (Lipinski definition) is 4. The Morgan fingerprint density at radius 3 is 2.05 bits per heavy atom. The quantitative estimate of drug-likeness (QED) is 0.0516. The van der Waals surface area contributed by atoms with E-state index >= 15 is 0 Å². The van der Waals surface area contributed by atoms with Gasteiger partial charge in [0.25, 0.3) is 0 Å². The molecule has 3 saturated carbocycles. The predicted octanol–water partition coefficient (Wildman–Crippen LogP) is 15.0. The minimum Gasteiger partial charge on any atom is -0.380 e. The maximum Gasteiger partial charge on any atom is 0.0644 e. The number of hydrogen-bond donors (Lipinski definition) is 0. The largest absolute Gasteiger partial charge is 0.380 e. The molecule has 0 bridgehead atoms. The number of rotatable bonds is 31. The number of unbranched alkanes of at least 4 members (excludes halogenated alkanes) is 10. The van der Waals surface area contributed by atoms with Gasteiger partial charge < -0.3 is 19.1 Å². The fourth-order valence-electron chi connectivity index (χ4n) is 12.3. The highest BCUT2D eigenvalue weighted by Gasteiger charge is 2.59. The van der Waals surface area contributed by atoms with Gasteiger partial charge in [0.05, 0.1) is 25.4 Å². The van der Waals surface area contributed by atoms with Gasteiger partial charge >= 0.3 is 0 Å². The lowest BCUT2D eigenvalue weighted by Gasteiger charge is -2.58. The molecule has 0 aromatic heterocycles. The summed E-state index contributed by atoms with van der Waals surface area (Å²) in [6.45, 7) is 19.1. The minimum atomic E-state index is 0.317. The Kier molecular flexibility index (Phi) is 23.3. The molecule has 0 spiro atoms. The zero-order chi connectivity index (χ0) is 41.6. The second kappa shape index (κ2) is 27.2. The van der Waals surface area contributed by atoms with Crippen molar-refractivity contribution in [1.82, 2.24) is 4.90 Å². The monoisotopic (exact) mass is 808 g/mol. The lowest BCUT2D eigenvalue weighted by molar-refractivity contribution is -0.0643. The molecular weight excluding hydrogens is 711 g/mol. The van der Waals surface area contributed by atoms with Crippen LogP contribution in [0.1, 0.15) is 202 Å². The molecule has 0 amide bonds. The van der Waals surface area contributed by atoms with Crippen molar-refractivity contribution in [2.75, 3.05) is 47.1 Å². The first kappa shape index (κ1) is 49.7. The van der Waals surface area contributed by atoms with Crippen LogP contribution in [0, 0.1) is 46.3 Å².